The zero-order valence-corrected chi connectivity index (χ0v) is 10.2. The molecule has 0 aromatic heterocycles. The second-order valence-corrected chi connectivity index (χ2v) is 4.96. The van der Waals surface area contributed by atoms with Gasteiger partial charge in [0.15, 0.2) is 0 Å². The summed E-state index contributed by atoms with van der Waals surface area (Å²) in [5.74, 6) is 0.0284. The molecule has 0 radical (unpaired) electrons. The number of rotatable bonds is 5. The number of amides is 1. The van der Waals surface area contributed by atoms with Crippen molar-refractivity contribution in [1.82, 2.24) is 5.32 Å². The Labute approximate surface area is 103 Å². The molecule has 2 atom stereocenters. The molecule has 0 aromatic rings. The van der Waals surface area contributed by atoms with Crippen LogP contribution in [0.5, 0.6) is 0 Å². The van der Waals surface area contributed by atoms with E-state index in [1.54, 1.807) is 0 Å². The first-order valence-electron chi connectivity index (χ1n) is 6.59. The Bertz CT molecular complexity index is 285. The molecule has 4 nitrogen and oxygen atoms in total. The first-order chi connectivity index (χ1) is 8.25. The minimum atomic E-state index is -0.0449. The molecule has 0 spiro atoms. The van der Waals surface area contributed by atoms with Crippen LogP contribution in [0.3, 0.4) is 0 Å². The lowest BCUT2D eigenvalue weighted by atomic mass is 10.1. The largest absolute Gasteiger partial charge is 0.376 e. The molecule has 4 heteroatoms. The average Bonchev–Trinajstić information content (AvgIpc) is 2.95. The lowest BCUT2D eigenvalue weighted by molar-refractivity contribution is -0.124. The van der Waals surface area contributed by atoms with E-state index in [9.17, 15) is 4.79 Å². The Morgan fingerprint density at radius 3 is 2.76 bits per heavy atom. The van der Waals surface area contributed by atoms with Crippen molar-refractivity contribution >= 4 is 5.91 Å². The second kappa shape index (κ2) is 6.17. The highest BCUT2D eigenvalue weighted by molar-refractivity contribution is 5.81. The molecule has 0 aromatic carbocycles. The maximum Gasteiger partial charge on any atom is 0.227 e. The monoisotopic (exact) mass is 238 g/mol. The van der Waals surface area contributed by atoms with Crippen molar-refractivity contribution in [3.8, 4) is 0 Å². The average molecular weight is 238 g/mol. The van der Waals surface area contributed by atoms with Crippen molar-refractivity contribution in [3.63, 3.8) is 0 Å². The van der Waals surface area contributed by atoms with Gasteiger partial charge in [0.05, 0.1) is 18.6 Å². The van der Waals surface area contributed by atoms with Crippen molar-refractivity contribution in [3.05, 3.63) is 12.2 Å². The first-order valence-corrected chi connectivity index (χ1v) is 6.59. The predicted octanol–water partition coefficient (Wildman–Crippen LogP) is 0.965. The molecular weight excluding hydrogens is 216 g/mol. The van der Waals surface area contributed by atoms with Gasteiger partial charge in [0.1, 0.15) is 0 Å². The van der Waals surface area contributed by atoms with Gasteiger partial charge in [0.25, 0.3) is 0 Å². The van der Waals surface area contributed by atoms with E-state index in [1.807, 2.05) is 12.2 Å². The molecule has 2 unspecified atom stereocenters. The maximum atomic E-state index is 11.7. The Morgan fingerprint density at radius 1 is 1.35 bits per heavy atom. The van der Waals surface area contributed by atoms with Crippen LogP contribution in [0.2, 0.25) is 0 Å². The summed E-state index contributed by atoms with van der Waals surface area (Å²) in [6, 6.07) is 0.0421. The topological polar surface area (TPSA) is 64.4 Å². The third-order valence-electron chi connectivity index (χ3n) is 3.51. The summed E-state index contributed by atoms with van der Waals surface area (Å²) < 4.78 is 5.68. The van der Waals surface area contributed by atoms with Gasteiger partial charge in [-0.3, -0.25) is 4.79 Å². The van der Waals surface area contributed by atoms with E-state index in [1.165, 1.54) is 25.7 Å². The van der Waals surface area contributed by atoms with Gasteiger partial charge in [-0.2, -0.15) is 0 Å². The number of nitrogens with two attached hydrogens (primary N) is 1. The van der Waals surface area contributed by atoms with Gasteiger partial charge in [-0.25, -0.2) is 0 Å². The van der Waals surface area contributed by atoms with Crippen molar-refractivity contribution in [1.29, 1.82) is 0 Å². The predicted molar refractivity (Wildman–Crippen MR) is 66.4 cm³/mol. The molecule has 2 aliphatic rings. The van der Waals surface area contributed by atoms with Gasteiger partial charge >= 0.3 is 0 Å². The Kier molecular flexibility index (Phi) is 4.57. The van der Waals surface area contributed by atoms with Gasteiger partial charge in [0.2, 0.25) is 5.91 Å². The summed E-state index contributed by atoms with van der Waals surface area (Å²) in [6.07, 6.45) is 9.87. The fraction of sp³-hybridized carbons (Fsp3) is 0.769. The van der Waals surface area contributed by atoms with Crippen molar-refractivity contribution in [2.75, 3.05) is 13.2 Å². The summed E-state index contributed by atoms with van der Waals surface area (Å²) in [5.41, 5.74) is 5.71. The van der Waals surface area contributed by atoms with Crippen molar-refractivity contribution in [2.45, 2.75) is 44.2 Å². The normalized spacial score (nSPS) is 28.8. The quantitative estimate of drug-likeness (QED) is 0.554. The molecule has 0 bridgehead atoms. The summed E-state index contributed by atoms with van der Waals surface area (Å²) >= 11 is 0. The number of hydrogen-bond donors (Lipinski definition) is 2. The highest BCUT2D eigenvalue weighted by Gasteiger charge is 2.22. The molecule has 0 heterocycles. The van der Waals surface area contributed by atoms with E-state index in [0.717, 1.165) is 6.42 Å². The van der Waals surface area contributed by atoms with E-state index in [0.29, 0.717) is 19.3 Å². The molecule has 1 fully saturated rings. The second-order valence-electron chi connectivity index (χ2n) is 4.96. The number of carbonyl (C=O) groups excluding carboxylic acids is 1. The molecule has 3 N–H and O–H groups in total. The molecular formula is C13H22N2O2. The van der Waals surface area contributed by atoms with E-state index in [2.05, 4.69) is 5.32 Å². The molecule has 1 saturated carbocycles. The minimum absolute atomic E-state index is 0.0421. The summed E-state index contributed by atoms with van der Waals surface area (Å²) in [6.45, 7) is 1.23. The summed E-state index contributed by atoms with van der Waals surface area (Å²) in [7, 11) is 0. The van der Waals surface area contributed by atoms with Crippen LogP contribution in [0, 0.1) is 5.92 Å². The molecule has 17 heavy (non-hydrogen) atoms. The molecule has 96 valence electrons. The maximum absolute atomic E-state index is 11.7. The molecule has 0 saturated heterocycles. The van der Waals surface area contributed by atoms with Crippen molar-refractivity contribution in [2.24, 2.45) is 11.7 Å². The van der Waals surface area contributed by atoms with Gasteiger partial charge in [-0.15, -0.1) is 0 Å². The van der Waals surface area contributed by atoms with Crippen LogP contribution in [0.1, 0.15) is 32.1 Å². The van der Waals surface area contributed by atoms with Gasteiger partial charge in [0, 0.05) is 12.6 Å². The van der Waals surface area contributed by atoms with Crippen LogP contribution in [0.4, 0.5) is 0 Å². The van der Waals surface area contributed by atoms with E-state index in [-0.39, 0.29) is 17.9 Å². The molecule has 1 amide bonds. The van der Waals surface area contributed by atoms with Crippen LogP contribution in [0.25, 0.3) is 0 Å². The Morgan fingerprint density at radius 2 is 2.12 bits per heavy atom. The van der Waals surface area contributed by atoms with Gasteiger partial charge < -0.3 is 15.8 Å². The molecule has 2 rings (SSSR count). The molecule has 0 aliphatic heterocycles. The van der Waals surface area contributed by atoms with Crippen LogP contribution in [-0.4, -0.2) is 31.2 Å². The van der Waals surface area contributed by atoms with Crippen LogP contribution in [-0.2, 0) is 9.53 Å². The number of nitrogens with one attached hydrogen (secondary N) is 1. The molecule has 2 aliphatic carbocycles. The van der Waals surface area contributed by atoms with Gasteiger partial charge in [-0.05, 0) is 19.3 Å². The highest BCUT2D eigenvalue weighted by atomic mass is 16.5. The smallest absolute Gasteiger partial charge is 0.227 e. The van der Waals surface area contributed by atoms with Crippen LogP contribution >= 0.6 is 0 Å². The SMILES string of the molecule is NC1C=CC(C(=O)NCCOC2CCCC2)C1. The lowest BCUT2D eigenvalue weighted by Gasteiger charge is -2.13. The number of hydrogen-bond acceptors (Lipinski definition) is 3. The third-order valence-corrected chi connectivity index (χ3v) is 3.51. The number of ether oxygens (including phenoxy) is 1. The Hall–Kier alpha value is -0.870. The Balaban J connectivity index is 1.55. The first kappa shape index (κ1) is 12.6. The highest BCUT2D eigenvalue weighted by Crippen LogP contribution is 2.20. The summed E-state index contributed by atoms with van der Waals surface area (Å²) in [4.78, 5) is 11.7. The number of carbonyl (C=O) groups is 1. The fourth-order valence-corrected chi connectivity index (χ4v) is 2.51. The lowest BCUT2D eigenvalue weighted by Crippen LogP contribution is -2.33. The van der Waals surface area contributed by atoms with Crippen LogP contribution < -0.4 is 11.1 Å². The van der Waals surface area contributed by atoms with E-state index in [4.69, 9.17) is 10.5 Å². The van der Waals surface area contributed by atoms with Gasteiger partial charge in [-0.1, -0.05) is 25.0 Å². The third kappa shape index (κ3) is 3.82. The van der Waals surface area contributed by atoms with Crippen molar-refractivity contribution < 1.29 is 9.53 Å². The summed E-state index contributed by atoms with van der Waals surface area (Å²) in [5, 5.41) is 2.90. The standard InChI is InChI=1S/C13H22N2O2/c14-11-6-5-10(9-11)13(16)15-7-8-17-12-3-1-2-4-12/h5-6,10-12H,1-4,7-9,14H2,(H,15,16). The van der Waals surface area contributed by atoms with E-state index < -0.39 is 0 Å². The zero-order chi connectivity index (χ0) is 12.1. The fourth-order valence-electron chi connectivity index (χ4n) is 2.51. The van der Waals surface area contributed by atoms with Crippen LogP contribution in [0.15, 0.2) is 12.2 Å². The minimum Gasteiger partial charge on any atom is -0.376 e. The van der Waals surface area contributed by atoms with E-state index >= 15 is 0 Å². The zero-order valence-electron chi connectivity index (χ0n) is 10.2.